The summed E-state index contributed by atoms with van der Waals surface area (Å²) in [6.07, 6.45) is 5.41. The number of rotatable bonds is 4. The number of hydrogen-bond donors (Lipinski definition) is 1. The Kier molecular flexibility index (Phi) is 2.86. The lowest BCUT2D eigenvalue weighted by atomic mass is 10.4. The van der Waals surface area contributed by atoms with Gasteiger partial charge in [-0.1, -0.05) is 6.08 Å². The van der Waals surface area contributed by atoms with Gasteiger partial charge in [-0.15, -0.1) is 6.58 Å². The first-order valence-corrected chi connectivity index (χ1v) is 3.59. The Morgan fingerprint density at radius 1 is 1.82 bits per heavy atom. The average Bonchev–Trinajstić information content (AvgIpc) is 2.40. The van der Waals surface area contributed by atoms with E-state index in [1.807, 2.05) is 19.3 Å². The Hall–Kier alpha value is -1.09. The minimum Gasteiger partial charge on any atom is -0.347 e. The first-order chi connectivity index (χ1) is 5.33. The van der Waals surface area contributed by atoms with Crippen LogP contribution in [0.25, 0.3) is 0 Å². The van der Waals surface area contributed by atoms with E-state index in [0.29, 0.717) is 0 Å². The van der Waals surface area contributed by atoms with Crippen LogP contribution >= 0.6 is 0 Å². The van der Waals surface area contributed by atoms with Gasteiger partial charge in [-0.2, -0.15) is 0 Å². The molecule has 1 aromatic heterocycles. The molecule has 1 N–H and O–H groups in total. The van der Waals surface area contributed by atoms with Gasteiger partial charge < -0.3 is 4.98 Å². The van der Waals surface area contributed by atoms with Crippen molar-refractivity contribution in [2.24, 2.45) is 0 Å². The molecule has 1 aromatic rings. The molecule has 0 saturated heterocycles. The highest BCUT2D eigenvalue weighted by Crippen LogP contribution is 1.95. The van der Waals surface area contributed by atoms with Crippen LogP contribution in [0, 0.1) is 0 Å². The zero-order valence-corrected chi connectivity index (χ0v) is 6.75. The quantitative estimate of drug-likeness (QED) is 0.652. The van der Waals surface area contributed by atoms with E-state index in [-0.39, 0.29) is 0 Å². The molecule has 0 bridgehead atoms. The fourth-order valence-corrected chi connectivity index (χ4v) is 0.947. The van der Waals surface area contributed by atoms with Crippen LogP contribution in [-0.4, -0.2) is 28.5 Å². The second kappa shape index (κ2) is 3.93. The monoisotopic (exact) mass is 151 g/mol. The summed E-state index contributed by atoms with van der Waals surface area (Å²) in [4.78, 5) is 9.12. The molecule has 0 saturated carbocycles. The van der Waals surface area contributed by atoms with Crippen molar-refractivity contribution in [1.29, 1.82) is 0 Å². The summed E-state index contributed by atoms with van der Waals surface area (Å²) >= 11 is 0. The molecule has 0 aromatic carbocycles. The molecule has 3 heteroatoms. The third-order valence-corrected chi connectivity index (χ3v) is 1.44. The zero-order valence-electron chi connectivity index (χ0n) is 6.75. The average molecular weight is 151 g/mol. The summed E-state index contributed by atoms with van der Waals surface area (Å²) in [5.41, 5.74) is 1.13. The molecule has 1 rings (SSSR count). The van der Waals surface area contributed by atoms with Gasteiger partial charge in [-0.05, 0) is 7.05 Å². The Balaban J connectivity index is 2.37. The number of likely N-dealkylation sites (N-methyl/N-ethyl adjacent to an activating group) is 1. The van der Waals surface area contributed by atoms with Crippen LogP contribution < -0.4 is 0 Å². The lowest BCUT2D eigenvalue weighted by Gasteiger charge is -2.11. The van der Waals surface area contributed by atoms with E-state index in [9.17, 15) is 0 Å². The Morgan fingerprint density at radius 3 is 3.18 bits per heavy atom. The predicted molar refractivity (Wildman–Crippen MR) is 45.1 cm³/mol. The molecule has 0 atom stereocenters. The van der Waals surface area contributed by atoms with Gasteiger partial charge in [0.1, 0.15) is 0 Å². The predicted octanol–water partition coefficient (Wildman–Crippen LogP) is 1.03. The molecule has 1 heterocycles. The molecule has 11 heavy (non-hydrogen) atoms. The Bertz CT molecular complexity index is 203. The first kappa shape index (κ1) is 8.01. The van der Waals surface area contributed by atoms with Gasteiger partial charge in [0.05, 0.1) is 6.33 Å². The summed E-state index contributed by atoms with van der Waals surface area (Å²) in [6, 6.07) is 0. The van der Waals surface area contributed by atoms with Crippen molar-refractivity contribution in [3.63, 3.8) is 0 Å². The van der Waals surface area contributed by atoms with E-state index >= 15 is 0 Å². The highest BCUT2D eigenvalue weighted by atomic mass is 15.1. The SMILES string of the molecule is C=CCN(C)Cc1cnc[nH]1. The Morgan fingerprint density at radius 2 is 2.64 bits per heavy atom. The lowest BCUT2D eigenvalue weighted by Crippen LogP contribution is -2.17. The highest BCUT2D eigenvalue weighted by molar-refractivity contribution is 4.93. The van der Waals surface area contributed by atoms with E-state index in [4.69, 9.17) is 0 Å². The summed E-state index contributed by atoms with van der Waals surface area (Å²) in [7, 11) is 2.04. The van der Waals surface area contributed by atoms with E-state index < -0.39 is 0 Å². The number of H-pyrrole nitrogens is 1. The maximum absolute atomic E-state index is 3.93. The summed E-state index contributed by atoms with van der Waals surface area (Å²) < 4.78 is 0. The smallest absolute Gasteiger partial charge is 0.0922 e. The molecule has 0 unspecified atom stereocenters. The van der Waals surface area contributed by atoms with Gasteiger partial charge in [0.2, 0.25) is 0 Å². The number of aromatic nitrogens is 2. The van der Waals surface area contributed by atoms with Crippen molar-refractivity contribution in [3.05, 3.63) is 30.9 Å². The van der Waals surface area contributed by atoms with Crippen molar-refractivity contribution in [2.75, 3.05) is 13.6 Å². The van der Waals surface area contributed by atoms with Crippen LogP contribution in [0.3, 0.4) is 0 Å². The van der Waals surface area contributed by atoms with Crippen LogP contribution in [0.1, 0.15) is 5.69 Å². The van der Waals surface area contributed by atoms with Gasteiger partial charge in [0, 0.05) is 25.0 Å². The molecule has 3 nitrogen and oxygen atoms in total. The van der Waals surface area contributed by atoms with E-state index in [0.717, 1.165) is 18.8 Å². The maximum Gasteiger partial charge on any atom is 0.0922 e. The third kappa shape index (κ3) is 2.55. The van der Waals surface area contributed by atoms with Gasteiger partial charge in [-0.3, -0.25) is 4.90 Å². The summed E-state index contributed by atoms with van der Waals surface area (Å²) in [5.74, 6) is 0. The van der Waals surface area contributed by atoms with Crippen LogP contribution in [0.2, 0.25) is 0 Å². The number of imidazole rings is 1. The molecule has 0 aliphatic heterocycles. The molecule has 0 spiro atoms. The normalized spacial score (nSPS) is 10.4. The van der Waals surface area contributed by atoms with Crippen LogP contribution in [-0.2, 0) is 6.54 Å². The van der Waals surface area contributed by atoms with Crippen molar-refractivity contribution >= 4 is 0 Å². The molecule has 0 fully saturated rings. The minimum atomic E-state index is 0.895. The fraction of sp³-hybridized carbons (Fsp3) is 0.375. The molecule has 0 radical (unpaired) electrons. The second-order valence-corrected chi connectivity index (χ2v) is 2.56. The molecule has 0 aliphatic carbocycles. The highest BCUT2D eigenvalue weighted by Gasteiger charge is 1.97. The number of nitrogens with zero attached hydrogens (tertiary/aromatic N) is 2. The van der Waals surface area contributed by atoms with Crippen LogP contribution in [0.4, 0.5) is 0 Å². The lowest BCUT2D eigenvalue weighted by molar-refractivity contribution is 0.359. The molecular weight excluding hydrogens is 138 g/mol. The standard InChI is InChI=1S/C8H13N3/c1-3-4-11(2)6-8-5-9-7-10-8/h3,5,7H,1,4,6H2,2H3,(H,9,10). The van der Waals surface area contributed by atoms with E-state index in [2.05, 4.69) is 21.4 Å². The zero-order chi connectivity index (χ0) is 8.10. The van der Waals surface area contributed by atoms with Crippen LogP contribution in [0.5, 0.6) is 0 Å². The number of nitrogens with one attached hydrogen (secondary N) is 1. The topological polar surface area (TPSA) is 31.9 Å². The molecule has 0 amide bonds. The molecular formula is C8H13N3. The summed E-state index contributed by atoms with van der Waals surface area (Å²) in [5, 5.41) is 0. The Labute approximate surface area is 66.8 Å². The largest absolute Gasteiger partial charge is 0.347 e. The van der Waals surface area contributed by atoms with Gasteiger partial charge in [0.15, 0.2) is 0 Å². The van der Waals surface area contributed by atoms with E-state index in [1.54, 1.807) is 6.33 Å². The van der Waals surface area contributed by atoms with Gasteiger partial charge in [-0.25, -0.2) is 4.98 Å². The van der Waals surface area contributed by atoms with Crippen molar-refractivity contribution in [2.45, 2.75) is 6.54 Å². The van der Waals surface area contributed by atoms with E-state index in [1.165, 1.54) is 0 Å². The summed E-state index contributed by atoms with van der Waals surface area (Å²) in [6.45, 7) is 5.46. The molecule has 0 aliphatic rings. The van der Waals surface area contributed by atoms with Crippen molar-refractivity contribution in [1.82, 2.24) is 14.9 Å². The fourth-order valence-electron chi connectivity index (χ4n) is 0.947. The van der Waals surface area contributed by atoms with Gasteiger partial charge >= 0.3 is 0 Å². The first-order valence-electron chi connectivity index (χ1n) is 3.59. The van der Waals surface area contributed by atoms with Crippen molar-refractivity contribution < 1.29 is 0 Å². The minimum absolute atomic E-state index is 0.895. The number of aromatic amines is 1. The van der Waals surface area contributed by atoms with Gasteiger partial charge in [0.25, 0.3) is 0 Å². The maximum atomic E-state index is 3.93. The van der Waals surface area contributed by atoms with Crippen LogP contribution in [0.15, 0.2) is 25.2 Å². The molecule has 60 valence electrons. The third-order valence-electron chi connectivity index (χ3n) is 1.44. The van der Waals surface area contributed by atoms with Crippen molar-refractivity contribution in [3.8, 4) is 0 Å². The number of hydrogen-bond acceptors (Lipinski definition) is 2. The second-order valence-electron chi connectivity index (χ2n) is 2.56.